The molecule has 1 aromatic carbocycles. The largest absolute Gasteiger partial charge is 0.456 e. The van der Waals surface area contributed by atoms with Crippen molar-refractivity contribution >= 4 is 5.97 Å². The van der Waals surface area contributed by atoms with Crippen LogP contribution in [0.4, 0.5) is 0 Å². The minimum Gasteiger partial charge on any atom is -0.456 e. The summed E-state index contributed by atoms with van der Waals surface area (Å²) in [5, 5.41) is 11.0. The molecule has 1 fully saturated rings. The summed E-state index contributed by atoms with van der Waals surface area (Å²) in [6.45, 7) is 1.48. The molecule has 0 spiro atoms. The van der Waals surface area contributed by atoms with Crippen LogP contribution in [0.25, 0.3) is 0 Å². The van der Waals surface area contributed by atoms with Crippen LogP contribution in [-0.2, 0) is 20.9 Å². The molecule has 0 N–H and O–H groups in total. The maximum absolute atomic E-state index is 11.6. The Morgan fingerprint density at radius 2 is 2.16 bits per heavy atom. The number of nitro groups is 1. The summed E-state index contributed by atoms with van der Waals surface area (Å²) in [6, 6.07) is 9.32. The SMILES string of the molecule is CC1([N+](=O)[O-])COC(=O)C(OCc2ccccc2)C1. The van der Waals surface area contributed by atoms with Crippen LogP contribution in [-0.4, -0.2) is 29.1 Å². The van der Waals surface area contributed by atoms with E-state index in [4.69, 9.17) is 9.47 Å². The molecule has 1 aliphatic rings. The Bertz CT molecular complexity index is 475. The average Bonchev–Trinajstić information content (AvgIpc) is 2.41. The van der Waals surface area contributed by atoms with E-state index in [1.165, 1.54) is 6.92 Å². The summed E-state index contributed by atoms with van der Waals surface area (Å²) in [4.78, 5) is 22.1. The second-order valence-electron chi connectivity index (χ2n) is 4.85. The van der Waals surface area contributed by atoms with Gasteiger partial charge < -0.3 is 9.47 Å². The van der Waals surface area contributed by atoms with Gasteiger partial charge in [0.05, 0.1) is 13.0 Å². The summed E-state index contributed by atoms with van der Waals surface area (Å²) in [7, 11) is 0. The number of rotatable bonds is 4. The second-order valence-corrected chi connectivity index (χ2v) is 4.85. The van der Waals surface area contributed by atoms with Crippen LogP contribution in [0.2, 0.25) is 0 Å². The lowest BCUT2D eigenvalue weighted by atomic mass is 9.93. The van der Waals surface area contributed by atoms with Gasteiger partial charge >= 0.3 is 5.97 Å². The third kappa shape index (κ3) is 3.08. The predicted octanol–water partition coefficient (Wildman–Crippen LogP) is 1.55. The van der Waals surface area contributed by atoms with Crippen molar-refractivity contribution in [3.05, 3.63) is 46.0 Å². The molecule has 6 nitrogen and oxygen atoms in total. The number of cyclic esters (lactones) is 1. The average molecular weight is 265 g/mol. The Kier molecular flexibility index (Phi) is 3.80. The molecule has 0 bridgehead atoms. The fourth-order valence-electron chi connectivity index (χ4n) is 1.89. The zero-order valence-electron chi connectivity index (χ0n) is 10.6. The van der Waals surface area contributed by atoms with Crippen molar-refractivity contribution in [2.45, 2.75) is 31.6 Å². The van der Waals surface area contributed by atoms with Crippen molar-refractivity contribution in [3.8, 4) is 0 Å². The Labute approximate surface area is 110 Å². The predicted molar refractivity (Wildman–Crippen MR) is 66.0 cm³/mol. The molecule has 0 aliphatic carbocycles. The molecule has 1 heterocycles. The number of ether oxygens (including phenoxy) is 2. The zero-order valence-corrected chi connectivity index (χ0v) is 10.6. The van der Waals surface area contributed by atoms with E-state index in [0.717, 1.165) is 5.56 Å². The van der Waals surface area contributed by atoms with Gasteiger partial charge in [0.2, 0.25) is 0 Å². The topological polar surface area (TPSA) is 78.7 Å². The highest BCUT2D eigenvalue weighted by Crippen LogP contribution is 2.25. The van der Waals surface area contributed by atoms with E-state index in [0.29, 0.717) is 0 Å². The molecule has 2 atom stereocenters. The molecule has 102 valence electrons. The number of carbonyl (C=O) groups is 1. The number of nitrogens with zero attached hydrogens (tertiary/aromatic N) is 1. The third-order valence-corrected chi connectivity index (χ3v) is 3.15. The van der Waals surface area contributed by atoms with E-state index in [-0.39, 0.29) is 19.6 Å². The molecular weight excluding hydrogens is 250 g/mol. The highest BCUT2D eigenvalue weighted by molar-refractivity contribution is 5.75. The van der Waals surface area contributed by atoms with Gasteiger partial charge in [0.1, 0.15) is 0 Å². The molecule has 19 heavy (non-hydrogen) atoms. The molecule has 0 amide bonds. The van der Waals surface area contributed by atoms with Crippen molar-refractivity contribution in [2.24, 2.45) is 0 Å². The van der Waals surface area contributed by atoms with Gasteiger partial charge in [0.15, 0.2) is 12.7 Å². The molecule has 1 aliphatic heterocycles. The molecule has 0 aromatic heterocycles. The molecular formula is C13H15NO5. The van der Waals surface area contributed by atoms with Crippen LogP contribution < -0.4 is 0 Å². The first-order valence-electron chi connectivity index (χ1n) is 5.98. The van der Waals surface area contributed by atoms with Crippen LogP contribution in [0.5, 0.6) is 0 Å². The second kappa shape index (κ2) is 5.36. The van der Waals surface area contributed by atoms with E-state index in [9.17, 15) is 14.9 Å². The highest BCUT2D eigenvalue weighted by atomic mass is 16.6. The maximum atomic E-state index is 11.6. The van der Waals surface area contributed by atoms with Gasteiger partial charge in [-0.15, -0.1) is 0 Å². The van der Waals surface area contributed by atoms with Crippen molar-refractivity contribution in [1.82, 2.24) is 0 Å². The summed E-state index contributed by atoms with van der Waals surface area (Å²) in [5.41, 5.74) is -0.362. The highest BCUT2D eigenvalue weighted by Gasteiger charge is 2.48. The summed E-state index contributed by atoms with van der Waals surface area (Å²) in [5.74, 6) is -0.532. The Morgan fingerprint density at radius 3 is 2.79 bits per heavy atom. The van der Waals surface area contributed by atoms with E-state index >= 15 is 0 Å². The summed E-state index contributed by atoms with van der Waals surface area (Å²) < 4.78 is 10.3. The number of hydrogen-bond acceptors (Lipinski definition) is 5. The third-order valence-electron chi connectivity index (χ3n) is 3.15. The zero-order chi connectivity index (χ0) is 13.9. The van der Waals surface area contributed by atoms with Crippen molar-refractivity contribution < 1.29 is 19.2 Å². The normalized spacial score (nSPS) is 26.8. The molecule has 6 heteroatoms. The minimum absolute atomic E-state index is 0.0334. The molecule has 2 rings (SSSR count). The quantitative estimate of drug-likeness (QED) is 0.469. The number of hydrogen-bond donors (Lipinski definition) is 0. The van der Waals surface area contributed by atoms with E-state index in [1.54, 1.807) is 0 Å². The van der Waals surface area contributed by atoms with E-state index in [1.807, 2.05) is 30.3 Å². The van der Waals surface area contributed by atoms with Crippen molar-refractivity contribution in [2.75, 3.05) is 6.61 Å². The summed E-state index contributed by atoms with van der Waals surface area (Å²) in [6.07, 6.45) is -0.851. The van der Waals surface area contributed by atoms with Crippen LogP contribution in [0.3, 0.4) is 0 Å². The van der Waals surface area contributed by atoms with E-state index in [2.05, 4.69) is 0 Å². The standard InChI is InChI=1S/C13H15NO5/c1-13(14(16)17)7-11(12(15)19-9-13)18-8-10-5-3-2-4-6-10/h2-6,11H,7-9H2,1H3. The lowest BCUT2D eigenvalue weighted by Crippen LogP contribution is -2.51. The van der Waals surface area contributed by atoms with Crippen LogP contribution >= 0.6 is 0 Å². The molecule has 0 saturated carbocycles. The first-order valence-corrected chi connectivity index (χ1v) is 5.98. The van der Waals surface area contributed by atoms with Crippen LogP contribution in [0.15, 0.2) is 30.3 Å². The number of esters is 1. The van der Waals surface area contributed by atoms with Crippen LogP contribution in [0, 0.1) is 10.1 Å². The molecule has 2 unspecified atom stereocenters. The Morgan fingerprint density at radius 1 is 1.47 bits per heavy atom. The maximum Gasteiger partial charge on any atom is 0.335 e. The smallest absolute Gasteiger partial charge is 0.335 e. The monoisotopic (exact) mass is 265 g/mol. The lowest BCUT2D eigenvalue weighted by molar-refractivity contribution is -0.574. The molecule has 1 aromatic rings. The fraction of sp³-hybridized carbons (Fsp3) is 0.462. The fourth-order valence-corrected chi connectivity index (χ4v) is 1.89. The van der Waals surface area contributed by atoms with Crippen molar-refractivity contribution in [1.29, 1.82) is 0 Å². The lowest BCUT2D eigenvalue weighted by Gasteiger charge is -2.30. The van der Waals surface area contributed by atoms with E-state index < -0.39 is 22.5 Å². The van der Waals surface area contributed by atoms with Gasteiger partial charge in [0.25, 0.3) is 5.54 Å². The van der Waals surface area contributed by atoms with Gasteiger partial charge in [-0.1, -0.05) is 30.3 Å². The van der Waals surface area contributed by atoms with Gasteiger partial charge in [-0.2, -0.15) is 0 Å². The Hall–Kier alpha value is -1.95. The van der Waals surface area contributed by atoms with Gasteiger partial charge in [-0.05, 0) is 5.56 Å². The van der Waals surface area contributed by atoms with Crippen LogP contribution in [0.1, 0.15) is 18.9 Å². The summed E-state index contributed by atoms with van der Waals surface area (Å²) >= 11 is 0. The van der Waals surface area contributed by atoms with Gasteiger partial charge in [-0.3, -0.25) is 10.1 Å². The van der Waals surface area contributed by atoms with Gasteiger partial charge in [0, 0.05) is 11.8 Å². The molecule has 0 radical (unpaired) electrons. The number of benzene rings is 1. The van der Waals surface area contributed by atoms with Gasteiger partial charge in [-0.25, -0.2) is 4.79 Å². The number of carbonyl (C=O) groups excluding carboxylic acids is 1. The molecule has 1 saturated heterocycles. The van der Waals surface area contributed by atoms with Crippen molar-refractivity contribution in [3.63, 3.8) is 0 Å². The first kappa shape index (κ1) is 13.5. The Balaban J connectivity index is 1.98. The minimum atomic E-state index is -1.27. The first-order chi connectivity index (χ1) is 9.01.